The molecule has 0 spiro atoms. The predicted molar refractivity (Wildman–Crippen MR) is 112 cm³/mol. The van der Waals surface area contributed by atoms with Gasteiger partial charge in [0.2, 0.25) is 0 Å². The van der Waals surface area contributed by atoms with Crippen LogP contribution in [0.25, 0.3) is 10.4 Å². The maximum absolute atomic E-state index is 13.4. The van der Waals surface area contributed by atoms with Gasteiger partial charge < -0.3 is 4.90 Å². The van der Waals surface area contributed by atoms with E-state index in [0.29, 0.717) is 18.0 Å². The molecule has 0 N–H and O–H groups in total. The summed E-state index contributed by atoms with van der Waals surface area (Å²) in [4.78, 5) is 29.5. The first kappa shape index (κ1) is 19.7. The second-order valence-corrected chi connectivity index (χ2v) is 8.97. The first-order chi connectivity index (χ1) is 14.0. The van der Waals surface area contributed by atoms with Gasteiger partial charge in [0.25, 0.3) is 5.91 Å². The largest absolute Gasteiger partial charge is 0.335 e. The molecule has 1 saturated heterocycles. The smallest absolute Gasteiger partial charge is 0.324 e. The number of benzene rings is 1. The summed E-state index contributed by atoms with van der Waals surface area (Å²) >= 11 is 2.57. The number of nitrogens with zero attached hydrogens (tertiary/aromatic N) is 3. The summed E-state index contributed by atoms with van der Waals surface area (Å²) in [6.45, 7) is 3.45. The second kappa shape index (κ2) is 8.40. The Morgan fingerprint density at radius 3 is 2.55 bits per heavy atom. The lowest BCUT2D eigenvalue weighted by atomic mass is 10.2. The summed E-state index contributed by atoms with van der Waals surface area (Å²) in [6, 6.07) is 13.6. The average Bonchev–Trinajstić information content (AvgIpc) is 3.38. The number of nitro groups is 1. The maximum Gasteiger partial charge on any atom is 0.324 e. The Hall–Kier alpha value is -2.62. The van der Waals surface area contributed by atoms with Crippen molar-refractivity contribution in [2.24, 2.45) is 0 Å². The molecule has 0 unspecified atom stereocenters. The fourth-order valence-electron chi connectivity index (χ4n) is 3.29. The van der Waals surface area contributed by atoms with Crippen LogP contribution < -0.4 is 0 Å². The lowest BCUT2D eigenvalue weighted by Gasteiger charge is -2.34. The number of amides is 1. The minimum Gasteiger partial charge on any atom is -0.335 e. The van der Waals surface area contributed by atoms with Crippen LogP contribution in [0.2, 0.25) is 0 Å². The third kappa shape index (κ3) is 4.52. The molecule has 9 heteroatoms. The third-order valence-electron chi connectivity index (χ3n) is 4.79. The van der Waals surface area contributed by atoms with Crippen molar-refractivity contribution >= 4 is 33.6 Å². The molecule has 1 aromatic carbocycles. The van der Waals surface area contributed by atoms with E-state index in [2.05, 4.69) is 11.0 Å². The average molecular weight is 432 g/mol. The fourth-order valence-corrected chi connectivity index (χ4v) is 5.12. The number of piperazine rings is 1. The SMILES string of the molecule is O=C(c1ccc([N+](=O)[O-])s1)N1CCN(Cc2ccc(-c3cccc(F)c3)s2)CC1. The Bertz CT molecular complexity index is 1040. The third-order valence-corrected chi connectivity index (χ3v) is 6.94. The number of rotatable bonds is 5. The van der Waals surface area contributed by atoms with Gasteiger partial charge >= 0.3 is 5.00 Å². The molecule has 1 aliphatic rings. The van der Waals surface area contributed by atoms with E-state index in [9.17, 15) is 19.3 Å². The van der Waals surface area contributed by atoms with E-state index >= 15 is 0 Å². The minimum atomic E-state index is -0.474. The molecule has 1 aliphatic heterocycles. The van der Waals surface area contributed by atoms with Gasteiger partial charge in [0.15, 0.2) is 0 Å². The molecular weight excluding hydrogens is 413 g/mol. The zero-order valence-corrected chi connectivity index (χ0v) is 17.0. The van der Waals surface area contributed by atoms with E-state index in [1.165, 1.54) is 29.1 Å². The Labute approximate surface area is 175 Å². The van der Waals surface area contributed by atoms with Gasteiger partial charge in [0.1, 0.15) is 5.82 Å². The highest BCUT2D eigenvalue weighted by Crippen LogP contribution is 2.30. The lowest BCUT2D eigenvalue weighted by Crippen LogP contribution is -2.48. The molecule has 29 heavy (non-hydrogen) atoms. The van der Waals surface area contributed by atoms with E-state index in [-0.39, 0.29) is 16.7 Å². The minimum absolute atomic E-state index is 0.0150. The van der Waals surface area contributed by atoms with Crippen LogP contribution in [0, 0.1) is 15.9 Å². The molecule has 2 aromatic heterocycles. The lowest BCUT2D eigenvalue weighted by molar-refractivity contribution is -0.380. The Balaban J connectivity index is 1.33. The molecule has 1 fully saturated rings. The van der Waals surface area contributed by atoms with Crippen molar-refractivity contribution in [3.63, 3.8) is 0 Å². The quantitative estimate of drug-likeness (QED) is 0.441. The number of halogens is 1. The van der Waals surface area contributed by atoms with Crippen LogP contribution in [0.3, 0.4) is 0 Å². The second-order valence-electron chi connectivity index (χ2n) is 6.74. The molecular formula is C20H18FN3O3S2. The predicted octanol–water partition coefficient (Wildman–Crippen LogP) is 4.48. The summed E-state index contributed by atoms with van der Waals surface area (Å²) in [5, 5.41) is 10.8. The van der Waals surface area contributed by atoms with Crippen LogP contribution in [-0.4, -0.2) is 46.8 Å². The highest BCUT2D eigenvalue weighted by atomic mass is 32.1. The fraction of sp³-hybridized carbons (Fsp3) is 0.250. The Kier molecular flexibility index (Phi) is 5.70. The van der Waals surface area contributed by atoms with Crippen molar-refractivity contribution in [3.05, 3.63) is 74.2 Å². The van der Waals surface area contributed by atoms with Crippen molar-refractivity contribution in [1.82, 2.24) is 9.80 Å². The molecule has 0 radical (unpaired) electrons. The first-order valence-corrected chi connectivity index (χ1v) is 10.7. The van der Waals surface area contributed by atoms with Crippen molar-refractivity contribution in [2.45, 2.75) is 6.54 Å². The monoisotopic (exact) mass is 431 g/mol. The number of carbonyl (C=O) groups excluding carboxylic acids is 1. The van der Waals surface area contributed by atoms with Gasteiger partial charge in [-0.1, -0.05) is 23.5 Å². The van der Waals surface area contributed by atoms with Crippen molar-refractivity contribution in [1.29, 1.82) is 0 Å². The molecule has 3 aromatic rings. The van der Waals surface area contributed by atoms with Gasteiger partial charge in [-0.25, -0.2) is 4.39 Å². The number of hydrogen-bond acceptors (Lipinski definition) is 6. The van der Waals surface area contributed by atoms with Crippen molar-refractivity contribution < 1.29 is 14.1 Å². The summed E-state index contributed by atoms with van der Waals surface area (Å²) in [5.74, 6) is -0.387. The normalized spacial score (nSPS) is 14.9. The van der Waals surface area contributed by atoms with Crippen LogP contribution in [0.1, 0.15) is 14.5 Å². The zero-order chi connectivity index (χ0) is 20.4. The first-order valence-electron chi connectivity index (χ1n) is 9.10. The number of carbonyl (C=O) groups is 1. The van der Waals surface area contributed by atoms with Crippen molar-refractivity contribution in [3.8, 4) is 10.4 Å². The molecule has 0 saturated carbocycles. The molecule has 6 nitrogen and oxygen atoms in total. The molecule has 4 rings (SSSR count). The molecule has 0 atom stereocenters. The van der Waals surface area contributed by atoms with Crippen LogP contribution in [0.4, 0.5) is 9.39 Å². The van der Waals surface area contributed by atoms with Crippen LogP contribution in [0.15, 0.2) is 48.5 Å². The van der Waals surface area contributed by atoms with E-state index in [4.69, 9.17) is 0 Å². The van der Waals surface area contributed by atoms with E-state index < -0.39 is 4.92 Å². The van der Waals surface area contributed by atoms with Crippen molar-refractivity contribution in [2.75, 3.05) is 26.2 Å². The zero-order valence-electron chi connectivity index (χ0n) is 15.4. The number of hydrogen-bond donors (Lipinski definition) is 0. The Morgan fingerprint density at radius 1 is 1.07 bits per heavy atom. The summed E-state index contributed by atoms with van der Waals surface area (Å²) < 4.78 is 13.4. The molecule has 0 aliphatic carbocycles. The van der Waals surface area contributed by atoms with Gasteiger partial charge in [-0.15, -0.1) is 11.3 Å². The molecule has 3 heterocycles. The van der Waals surface area contributed by atoms with Crippen LogP contribution >= 0.6 is 22.7 Å². The summed E-state index contributed by atoms with van der Waals surface area (Å²) in [5.41, 5.74) is 0.877. The van der Waals surface area contributed by atoms with E-state index in [1.807, 2.05) is 12.1 Å². The van der Waals surface area contributed by atoms with E-state index in [0.717, 1.165) is 41.4 Å². The molecule has 1 amide bonds. The van der Waals surface area contributed by atoms with Crippen LogP contribution in [-0.2, 0) is 6.54 Å². The van der Waals surface area contributed by atoms with Gasteiger partial charge in [-0.2, -0.15) is 0 Å². The highest BCUT2D eigenvalue weighted by Gasteiger charge is 2.25. The van der Waals surface area contributed by atoms with Gasteiger partial charge in [-0.05, 0) is 35.9 Å². The summed E-state index contributed by atoms with van der Waals surface area (Å²) in [6.07, 6.45) is 0. The van der Waals surface area contributed by atoms with E-state index in [1.54, 1.807) is 22.3 Å². The maximum atomic E-state index is 13.4. The standard InChI is InChI=1S/C20H18FN3O3S2/c21-15-3-1-2-14(12-15)17-5-4-16(28-17)13-22-8-10-23(11-9-22)20(25)18-6-7-19(29-18)24(26)27/h1-7,12H,8-11,13H2. The number of thiophene rings is 2. The van der Waals surface area contributed by atoms with Crippen LogP contribution in [0.5, 0.6) is 0 Å². The molecule has 150 valence electrons. The van der Waals surface area contributed by atoms with Gasteiger partial charge in [0.05, 0.1) is 9.80 Å². The highest BCUT2D eigenvalue weighted by molar-refractivity contribution is 7.17. The van der Waals surface area contributed by atoms with Gasteiger partial charge in [-0.3, -0.25) is 19.8 Å². The molecule has 0 bridgehead atoms. The Morgan fingerprint density at radius 2 is 1.86 bits per heavy atom. The topological polar surface area (TPSA) is 66.7 Å². The summed E-state index contributed by atoms with van der Waals surface area (Å²) in [7, 11) is 0. The van der Waals surface area contributed by atoms with Gasteiger partial charge in [0, 0.05) is 48.5 Å².